The van der Waals surface area contributed by atoms with Crippen molar-refractivity contribution in [3.8, 4) is 5.69 Å². The molecule has 1 heterocycles. The molecule has 0 radical (unpaired) electrons. The average Bonchev–Trinajstić information content (AvgIpc) is 2.86. The number of tetrazole rings is 1. The van der Waals surface area contributed by atoms with Crippen LogP contribution in [0.5, 0.6) is 0 Å². The summed E-state index contributed by atoms with van der Waals surface area (Å²) in [5, 5.41) is 11.6. The number of halogens is 1. The number of aromatic nitrogens is 4. The predicted molar refractivity (Wildman–Crippen MR) is 74.2 cm³/mol. The van der Waals surface area contributed by atoms with Crippen LogP contribution in [0, 0.1) is 0 Å². The molecule has 100 valence electrons. The van der Waals surface area contributed by atoms with Crippen LogP contribution in [0.1, 0.15) is 6.92 Å². The topological polar surface area (TPSA) is 69.9 Å². The van der Waals surface area contributed by atoms with Crippen molar-refractivity contribution in [3.63, 3.8) is 0 Å². The van der Waals surface area contributed by atoms with Crippen LogP contribution in [-0.4, -0.2) is 38.5 Å². The van der Waals surface area contributed by atoms with Crippen molar-refractivity contribution in [2.45, 2.75) is 17.3 Å². The Morgan fingerprint density at radius 1 is 1.42 bits per heavy atom. The molecule has 0 unspecified atom stereocenters. The van der Waals surface area contributed by atoms with E-state index in [0.29, 0.717) is 5.16 Å². The summed E-state index contributed by atoms with van der Waals surface area (Å²) in [6.07, 6.45) is 0. The van der Waals surface area contributed by atoms with Crippen molar-refractivity contribution in [2.24, 2.45) is 0 Å². The van der Waals surface area contributed by atoms with Gasteiger partial charge in [-0.25, -0.2) is 0 Å². The SMILES string of the molecule is COC(=O)[C@@H](C)Sc1nnnn1-c1ccc(Br)cc1. The highest BCUT2D eigenvalue weighted by atomic mass is 79.9. The molecule has 0 aliphatic rings. The molecule has 2 aromatic rings. The van der Waals surface area contributed by atoms with E-state index >= 15 is 0 Å². The van der Waals surface area contributed by atoms with Crippen molar-refractivity contribution in [1.29, 1.82) is 0 Å². The van der Waals surface area contributed by atoms with Crippen LogP contribution in [0.15, 0.2) is 33.9 Å². The molecule has 0 N–H and O–H groups in total. The first-order chi connectivity index (χ1) is 9.11. The fourth-order valence-electron chi connectivity index (χ4n) is 1.37. The standard InChI is InChI=1S/C11H11BrN4O2S/c1-7(10(17)18-2)19-11-13-14-15-16(11)9-5-3-8(12)4-6-9/h3-7H,1-2H3/t7-/m1/s1. The Bertz CT molecular complexity index is 572. The van der Waals surface area contributed by atoms with Crippen LogP contribution in [0.25, 0.3) is 5.69 Å². The molecule has 0 aliphatic heterocycles. The summed E-state index contributed by atoms with van der Waals surface area (Å²) < 4.78 is 7.23. The lowest BCUT2D eigenvalue weighted by Gasteiger charge is -2.08. The summed E-state index contributed by atoms with van der Waals surface area (Å²) in [4.78, 5) is 11.4. The molecule has 0 fully saturated rings. The summed E-state index contributed by atoms with van der Waals surface area (Å²) >= 11 is 4.62. The lowest BCUT2D eigenvalue weighted by Crippen LogP contribution is -2.15. The molecule has 2 rings (SSSR count). The van der Waals surface area contributed by atoms with Gasteiger partial charge in [0.2, 0.25) is 5.16 Å². The number of methoxy groups -OCH3 is 1. The van der Waals surface area contributed by atoms with Crippen molar-refractivity contribution in [1.82, 2.24) is 20.2 Å². The number of hydrogen-bond donors (Lipinski definition) is 0. The number of benzene rings is 1. The molecule has 0 saturated carbocycles. The number of carbonyl (C=O) groups is 1. The smallest absolute Gasteiger partial charge is 0.318 e. The second-order valence-corrected chi connectivity index (χ2v) is 5.86. The van der Waals surface area contributed by atoms with Gasteiger partial charge < -0.3 is 4.74 Å². The van der Waals surface area contributed by atoms with Gasteiger partial charge in [0, 0.05) is 4.47 Å². The fourth-order valence-corrected chi connectivity index (χ4v) is 2.47. The monoisotopic (exact) mass is 342 g/mol. The Balaban J connectivity index is 2.22. The molecule has 8 heteroatoms. The molecule has 0 aliphatic carbocycles. The first kappa shape index (κ1) is 14.0. The summed E-state index contributed by atoms with van der Waals surface area (Å²) in [6.45, 7) is 1.75. The zero-order chi connectivity index (χ0) is 13.8. The second kappa shape index (κ2) is 6.16. The van der Waals surface area contributed by atoms with Gasteiger partial charge in [-0.15, -0.1) is 5.10 Å². The lowest BCUT2D eigenvalue weighted by molar-refractivity contribution is -0.139. The van der Waals surface area contributed by atoms with Gasteiger partial charge in [-0.1, -0.05) is 27.7 Å². The van der Waals surface area contributed by atoms with E-state index in [2.05, 4.69) is 36.2 Å². The van der Waals surface area contributed by atoms with Crippen molar-refractivity contribution < 1.29 is 9.53 Å². The Labute approximate surface area is 122 Å². The second-order valence-electron chi connectivity index (χ2n) is 3.63. The summed E-state index contributed by atoms with van der Waals surface area (Å²) in [6, 6.07) is 7.56. The van der Waals surface area contributed by atoms with Gasteiger partial charge in [0.1, 0.15) is 5.25 Å². The van der Waals surface area contributed by atoms with Gasteiger partial charge >= 0.3 is 5.97 Å². The third kappa shape index (κ3) is 3.32. The number of nitrogens with zero attached hydrogens (tertiary/aromatic N) is 4. The van der Waals surface area contributed by atoms with Gasteiger partial charge in [0.15, 0.2) is 0 Å². The van der Waals surface area contributed by atoms with E-state index in [1.54, 1.807) is 11.6 Å². The molecule has 0 spiro atoms. The number of thioether (sulfide) groups is 1. The Hall–Kier alpha value is -1.41. The highest BCUT2D eigenvalue weighted by molar-refractivity contribution is 9.10. The van der Waals surface area contributed by atoms with Crippen LogP contribution in [-0.2, 0) is 9.53 Å². The molecule has 0 amide bonds. The van der Waals surface area contributed by atoms with E-state index in [-0.39, 0.29) is 11.2 Å². The molecular weight excluding hydrogens is 332 g/mol. The van der Waals surface area contributed by atoms with Gasteiger partial charge in [-0.2, -0.15) is 4.68 Å². The van der Waals surface area contributed by atoms with E-state index in [1.807, 2.05) is 24.3 Å². The summed E-state index contributed by atoms with van der Waals surface area (Å²) in [5.74, 6) is -0.310. The number of hydrogen-bond acceptors (Lipinski definition) is 6. The first-order valence-corrected chi connectivity index (χ1v) is 7.08. The number of rotatable bonds is 4. The third-order valence-electron chi connectivity index (χ3n) is 2.33. The zero-order valence-corrected chi connectivity index (χ0v) is 12.7. The van der Waals surface area contributed by atoms with Crippen LogP contribution >= 0.6 is 27.7 Å². The minimum atomic E-state index is -0.370. The normalized spacial score (nSPS) is 12.2. The molecule has 6 nitrogen and oxygen atoms in total. The number of esters is 1. The minimum absolute atomic E-state index is 0.310. The predicted octanol–water partition coefficient (Wildman–Crippen LogP) is 2.08. The Morgan fingerprint density at radius 2 is 2.11 bits per heavy atom. The number of carbonyl (C=O) groups excluding carboxylic acids is 1. The molecule has 19 heavy (non-hydrogen) atoms. The lowest BCUT2D eigenvalue weighted by atomic mass is 10.3. The van der Waals surface area contributed by atoms with Gasteiger partial charge in [0.25, 0.3) is 0 Å². The zero-order valence-electron chi connectivity index (χ0n) is 10.3. The fraction of sp³-hybridized carbons (Fsp3) is 0.273. The highest BCUT2D eigenvalue weighted by Gasteiger charge is 2.19. The average molecular weight is 343 g/mol. The maximum Gasteiger partial charge on any atom is 0.318 e. The Kier molecular flexibility index (Phi) is 4.54. The maximum absolute atomic E-state index is 11.4. The van der Waals surface area contributed by atoms with E-state index in [0.717, 1.165) is 10.2 Å². The molecule has 1 aromatic heterocycles. The molecule has 1 atom stereocenters. The quantitative estimate of drug-likeness (QED) is 0.625. The van der Waals surface area contributed by atoms with Crippen LogP contribution in [0.2, 0.25) is 0 Å². The van der Waals surface area contributed by atoms with Crippen LogP contribution in [0.3, 0.4) is 0 Å². The van der Waals surface area contributed by atoms with E-state index in [1.165, 1.54) is 18.9 Å². The van der Waals surface area contributed by atoms with Gasteiger partial charge in [0.05, 0.1) is 12.8 Å². The van der Waals surface area contributed by atoms with Gasteiger partial charge in [-0.05, 0) is 41.6 Å². The first-order valence-electron chi connectivity index (χ1n) is 5.40. The maximum atomic E-state index is 11.4. The molecule has 0 saturated heterocycles. The van der Waals surface area contributed by atoms with E-state index in [9.17, 15) is 4.79 Å². The molecular formula is C11H11BrN4O2S. The van der Waals surface area contributed by atoms with Crippen LogP contribution in [0.4, 0.5) is 0 Å². The van der Waals surface area contributed by atoms with Crippen molar-refractivity contribution in [2.75, 3.05) is 7.11 Å². The van der Waals surface area contributed by atoms with Crippen molar-refractivity contribution in [3.05, 3.63) is 28.7 Å². The van der Waals surface area contributed by atoms with Crippen LogP contribution < -0.4 is 0 Å². The summed E-state index contributed by atoms with van der Waals surface area (Å²) in [7, 11) is 1.36. The van der Waals surface area contributed by atoms with Gasteiger partial charge in [-0.3, -0.25) is 4.79 Å². The minimum Gasteiger partial charge on any atom is -0.468 e. The van der Waals surface area contributed by atoms with E-state index < -0.39 is 0 Å². The largest absolute Gasteiger partial charge is 0.468 e. The molecule has 0 bridgehead atoms. The third-order valence-corrected chi connectivity index (χ3v) is 3.87. The molecule has 1 aromatic carbocycles. The highest BCUT2D eigenvalue weighted by Crippen LogP contribution is 2.24. The number of ether oxygens (including phenoxy) is 1. The van der Waals surface area contributed by atoms with Crippen molar-refractivity contribution >= 4 is 33.7 Å². The Morgan fingerprint density at radius 3 is 2.74 bits per heavy atom. The summed E-state index contributed by atoms with van der Waals surface area (Å²) in [5.41, 5.74) is 0.827. The van der Waals surface area contributed by atoms with E-state index in [4.69, 9.17) is 0 Å².